The van der Waals surface area contributed by atoms with Crippen LogP contribution < -0.4 is 0 Å². The normalized spacial score (nSPS) is 19.1. The summed E-state index contributed by atoms with van der Waals surface area (Å²) in [5.41, 5.74) is 0.933. The van der Waals surface area contributed by atoms with Crippen LogP contribution in [0.25, 0.3) is 0 Å². The van der Waals surface area contributed by atoms with E-state index in [2.05, 4.69) is 33.5 Å². The van der Waals surface area contributed by atoms with Gasteiger partial charge in [0.25, 0.3) is 0 Å². The molecule has 4 nitrogen and oxygen atoms in total. The lowest BCUT2D eigenvalue weighted by molar-refractivity contribution is 0.155. The van der Waals surface area contributed by atoms with E-state index in [1.165, 1.54) is 30.9 Å². The molecule has 96 valence electrons. The van der Waals surface area contributed by atoms with E-state index in [0.717, 1.165) is 35.6 Å². The zero-order valence-corrected chi connectivity index (χ0v) is 12.0. The second-order valence-corrected chi connectivity index (χ2v) is 6.33. The first-order chi connectivity index (χ1) is 8.15. The molecule has 0 unspecified atom stereocenters. The Labute approximate surface area is 112 Å². The van der Waals surface area contributed by atoms with Gasteiger partial charge >= 0.3 is 0 Å². The van der Waals surface area contributed by atoms with Gasteiger partial charge in [0.1, 0.15) is 10.0 Å². The van der Waals surface area contributed by atoms with Crippen molar-refractivity contribution in [1.82, 2.24) is 19.4 Å². The standard InChI is InChI=1S/C11H19ClN4S/c1-15(2)7-9-3-5-16(6-4-9)8-10-11(12)17-14-13-10/h9H,3-8H2,1-2H3. The predicted molar refractivity (Wildman–Crippen MR) is 71.5 cm³/mol. The fourth-order valence-electron chi connectivity index (χ4n) is 2.35. The van der Waals surface area contributed by atoms with E-state index in [0.29, 0.717) is 0 Å². The maximum Gasteiger partial charge on any atom is 0.138 e. The molecule has 1 aliphatic rings. The summed E-state index contributed by atoms with van der Waals surface area (Å²) >= 11 is 7.29. The molecule has 1 aromatic heterocycles. The second kappa shape index (κ2) is 6.09. The van der Waals surface area contributed by atoms with Crippen molar-refractivity contribution in [3.05, 3.63) is 10.0 Å². The minimum atomic E-state index is 0.736. The summed E-state index contributed by atoms with van der Waals surface area (Å²) in [6.07, 6.45) is 2.54. The molecule has 0 saturated carbocycles. The third-order valence-corrected chi connectivity index (χ3v) is 4.20. The van der Waals surface area contributed by atoms with E-state index in [1.807, 2.05) is 0 Å². The Kier molecular flexibility index (Phi) is 4.73. The molecule has 1 aromatic rings. The molecular formula is C11H19ClN4S. The van der Waals surface area contributed by atoms with Crippen molar-refractivity contribution < 1.29 is 0 Å². The van der Waals surface area contributed by atoms with Crippen LogP contribution in [0.15, 0.2) is 0 Å². The largest absolute Gasteiger partial charge is 0.309 e. The monoisotopic (exact) mass is 274 g/mol. The SMILES string of the molecule is CN(C)CC1CCN(Cc2nnsc2Cl)CC1. The van der Waals surface area contributed by atoms with Crippen LogP contribution in [0.3, 0.4) is 0 Å². The van der Waals surface area contributed by atoms with Gasteiger partial charge in [-0.25, -0.2) is 0 Å². The van der Waals surface area contributed by atoms with Gasteiger partial charge in [-0.2, -0.15) is 0 Å². The van der Waals surface area contributed by atoms with E-state index in [1.54, 1.807) is 0 Å². The van der Waals surface area contributed by atoms with Crippen LogP contribution in [0.4, 0.5) is 0 Å². The molecule has 1 fully saturated rings. The maximum atomic E-state index is 6.02. The lowest BCUT2D eigenvalue weighted by Gasteiger charge is -2.32. The Morgan fingerprint density at radius 2 is 2.12 bits per heavy atom. The molecule has 6 heteroatoms. The summed E-state index contributed by atoms with van der Waals surface area (Å²) in [5, 5.41) is 4.06. The average molecular weight is 275 g/mol. The van der Waals surface area contributed by atoms with Crippen LogP contribution >= 0.6 is 23.1 Å². The van der Waals surface area contributed by atoms with Crippen LogP contribution in [-0.4, -0.2) is 53.1 Å². The van der Waals surface area contributed by atoms with Crippen molar-refractivity contribution in [2.75, 3.05) is 33.7 Å². The highest BCUT2D eigenvalue weighted by Gasteiger charge is 2.21. The zero-order valence-electron chi connectivity index (χ0n) is 10.4. The van der Waals surface area contributed by atoms with Gasteiger partial charge in [-0.3, -0.25) is 4.90 Å². The third-order valence-electron chi connectivity index (χ3n) is 3.21. The Hall–Kier alpha value is -0.230. The van der Waals surface area contributed by atoms with Crippen molar-refractivity contribution in [3.8, 4) is 0 Å². The van der Waals surface area contributed by atoms with Crippen LogP contribution in [-0.2, 0) is 6.54 Å². The summed E-state index contributed by atoms with van der Waals surface area (Å²) < 4.78 is 4.60. The van der Waals surface area contributed by atoms with Gasteiger partial charge in [0, 0.05) is 24.6 Å². The molecule has 0 amide bonds. The number of likely N-dealkylation sites (tertiary alicyclic amines) is 1. The van der Waals surface area contributed by atoms with E-state index < -0.39 is 0 Å². The zero-order chi connectivity index (χ0) is 12.3. The number of nitrogens with zero attached hydrogens (tertiary/aromatic N) is 4. The first-order valence-corrected chi connectivity index (χ1v) is 7.14. The summed E-state index contributed by atoms with van der Waals surface area (Å²) in [4.78, 5) is 4.70. The van der Waals surface area contributed by atoms with Crippen molar-refractivity contribution in [2.24, 2.45) is 5.92 Å². The number of hydrogen-bond acceptors (Lipinski definition) is 5. The second-order valence-electron chi connectivity index (χ2n) is 4.98. The Balaban J connectivity index is 1.78. The molecule has 0 atom stereocenters. The molecule has 0 aromatic carbocycles. The molecule has 1 aliphatic heterocycles. The van der Waals surface area contributed by atoms with Gasteiger partial charge in [-0.15, -0.1) is 5.10 Å². The highest BCUT2D eigenvalue weighted by Crippen LogP contribution is 2.23. The minimum Gasteiger partial charge on any atom is -0.309 e. The quantitative estimate of drug-likeness (QED) is 0.840. The number of aromatic nitrogens is 2. The third kappa shape index (κ3) is 3.88. The van der Waals surface area contributed by atoms with Gasteiger partial charge in [0.15, 0.2) is 0 Å². The number of piperidine rings is 1. The molecule has 0 bridgehead atoms. The number of hydrogen-bond donors (Lipinski definition) is 0. The van der Waals surface area contributed by atoms with Gasteiger partial charge in [-0.1, -0.05) is 16.1 Å². The van der Waals surface area contributed by atoms with Gasteiger partial charge in [0.05, 0.1) is 0 Å². The predicted octanol–water partition coefficient (Wildman–Crippen LogP) is 1.97. The minimum absolute atomic E-state index is 0.736. The van der Waals surface area contributed by atoms with Crippen molar-refractivity contribution >= 4 is 23.1 Å². The van der Waals surface area contributed by atoms with E-state index in [4.69, 9.17) is 11.6 Å². The fourth-order valence-corrected chi connectivity index (χ4v) is 2.96. The summed E-state index contributed by atoms with van der Waals surface area (Å²) in [6.45, 7) is 4.34. The molecular weight excluding hydrogens is 256 g/mol. The Morgan fingerprint density at radius 1 is 1.41 bits per heavy atom. The summed E-state index contributed by atoms with van der Waals surface area (Å²) in [7, 11) is 4.29. The molecule has 0 radical (unpaired) electrons. The summed E-state index contributed by atoms with van der Waals surface area (Å²) in [6, 6.07) is 0. The van der Waals surface area contributed by atoms with Crippen molar-refractivity contribution in [1.29, 1.82) is 0 Å². The smallest absolute Gasteiger partial charge is 0.138 e. The average Bonchev–Trinajstić information content (AvgIpc) is 2.67. The molecule has 0 aliphatic carbocycles. The molecule has 0 N–H and O–H groups in total. The number of rotatable bonds is 4. The first-order valence-electron chi connectivity index (χ1n) is 5.99. The highest BCUT2D eigenvalue weighted by atomic mass is 35.5. The Bertz CT molecular complexity index is 347. The number of halogens is 1. The fraction of sp³-hybridized carbons (Fsp3) is 0.818. The molecule has 17 heavy (non-hydrogen) atoms. The van der Waals surface area contributed by atoms with Crippen LogP contribution in [0.1, 0.15) is 18.5 Å². The van der Waals surface area contributed by atoms with E-state index in [-0.39, 0.29) is 0 Å². The van der Waals surface area contributed by atoms with E-state index >= 15 is 0 Å². The Morgan fingerprint density at radius 3 is 2.65 bits per heavy atom. The molecule has 0 spiro atoms. The lowest BCUT2D eigenvalue weighted by Crippen LogP contribution is -2.36. The highest BCUT2D eigenvalue weighted by molar-refractivity contribution is 7.10. The van der Waals surface area contributed by atoms with Crippen molar-refractivity contribution in [3.63, 3.8) is 0 Å². The summed E-state index contributed by atoms with van der Waals surface area (Å²) in [5.74, 6) is 0.838. The van der Waals surface area contributed by atoms with Crippen LogP contribution in [0.2, 0.25) is 4.34 Å². The van der Waals surface area contributed by atoms with Gasteiger partial charge in [0.2, 0.25) is 0 Å². The van der Waals surface area contributed by atoms with Gasteiger partial charge in [-0.05, 0) is 45.9 Å². The van der Waals surface area contributed by atoms with Gasteiger partial charge < -0.3 is 4.90 Å². The molecule has 1 saturated heterocycles. The topological polar surface area (TPSA) is 32.3 Å². The molecule has 2 rings (SSSR count). The maximum absolute atomic E-state index is 6.02. The van der Waals surface area contributed by atoms with Crippen LogP contribution in [0.5, 0.6) is 0 Å². The molecule has 2 heterocycles. The first kappa shape index (κ1) is 13.2. The van der Waals surface area contributed by atoms with E-state index in [9.17, 15) is 0 Å². The van der Waals surface area contributed by atoms with Crippen LogP contribution in [0, 0.1) is 5.92 Å². The van der Waals surface area contributed by atoms with Crippen molar-refractivity contribution in [2.45, 2.75) is 19.4 Å². The lowest BCUT2D eigenvalue weighted by atomic mass is 9.96.